The van der Waals surface area contributed by atoms with Crippen molar-refractivity contribution in [2.24, 2.45) is 0 Å². The van der Waals surface area contributed by atoms with Crippen LogP contribution in [0.5, 0.6) is 0 Å². The Balaban J connectivity index is 1.38. The van der Waals surface area contributed by atoms with Crippen molar-refractivity contribution in [1.29, 1.82) is 0 Å². The highest BCUT2D eigenvalue weighted by molar-refractivity contribution is 5.80. The number of ether oxygens (including phenoxy) is 1. The van der Waals surface area contributed by atoms with Crippen LogP contribution in [0.1, 0.15) is 12.0 Å². The predicted molar refractivity (Wildman–Crippen MR) is 99.0 cm³/mol. The molecule has 1 unspecified atom stereocenters. The summed E-state index contributed by atoms with van der Waals surface area (Å²) in [5, 5.41) is 3.39. The lowest BCUT2D eigenvalue weighted by atomic mass is 10.2. The molecule has 2 fully saturated rings. The summed E-state index contributed by atoms with van der Waals surface area (Å²) in [5.74, 6) is 1.65. The Morgan fingerprint density at radius 1 is 1.15 bits per heavy atom. The van der Waals surface area contributed by atoms with E-state index in [-0.39, 0.29) is 11.9 Å². The van der Waals surface area contributed by atoms with Gasteiger partial charge in [-0.3, -0.25) is 4.79 Å². The third kappa shape index (κ3) is 3.94. The molecule has 1 aromatic carbocycles. The molecule has 2 aromatic rings. The second-order valence-electron chi connectivity index (χ2n) is 6.65. The molecule has 26 heavy (non-hydrogen) atoms. The number of nitrogens with zero attached hydrogens (tertiary/aromatic N) is 4. The molecule has 1 N–H and O–H groups in total. The Hall–Kier alpha value is -2.67. The quantitative estimate of drug-likeness (QED) is 0.879. The van der Waals surface area contributed by atoms with E-state index >= 15 is 0 Å². The Kier molecular flexibility index (Phi) is 4.97. The van der Waals surface area contributed by atoms with Crippen molar-refractivity contribution >= 4 is 17.7 Å². The number of carbonyl (C=O) groups is 1. The molecule has 4 rings (SSSR count). The van der Waals surface area contributed by atoms with Crippen molar-refractivity contribution in [2.75, 3.05) is 43.1 Å². The number of amides is 1. The number of aromatic nitrogens is 2. The van der Waals surface area contributed by atoms with Gasteiger partial charge >= 0.3 is 0 Å². The summed E-state index contributed by atoms with van der Waals surface area (Å²) in [7, 11) is 0. The molecular weight excluding hydrogens is 330 g/mol. The summed E-state index contributed by atoms with van der Waals surface area (Å²) in [6.45, 7) is 4.34. The number of morpholine rings is 1. The zero-order valence-corrected chi connectivity index (χ0v) is 14.7. The maximum atomic E-state index is 12.3. The van der Waals surface area contributed by atoms with E-state index in [1.54, 1.807) is 6.20 Å². The van der Waals surface area contributed by atoms with Crippen LogP contribution in [0.2, 0.25) is 0 Å². The van der Waals surface area contributed by atoms with Crippen molar-refractivity contribution in [3.05, 3.63) is 48.2 Å². The van der Waals surface area contributed by atoms with Gasteiger partial charge in [-0.15, -0.1) is 0 Å². The summed E-state index contributed by atoms with van der Waals surface area (Å²) in [6, 6.07) is 12.0. The second kappa shape index (κ2) is 7.70. The average Bonchev–Trinajstić information content (AvgIpc) is 3.02. The van der Waals surface area contributed by atoms with E-state index in [2.05, 4.69) is 20.2 Å². The van der Waals surface area contributed by atoms with Gasteiger partial charge in [-0.1, -0.05) is 30.3 Å². The van der Waals surface area contributed by atoms with Crippen molar-refractivity contribution in [3.8, 4) is 0 Å². The van der Waals surface area contributed by atoms with E-state index in [0.29, 0.717) is 38.7 Å². The molecule has 1 aromatic heterocycles. The first-order chi connectivity index (χ1) is 12.8. The number of benzene rings is 1. The van der Waals surface area contributed by atoms with E-state index < -0.39 is 0 Å². The van der Waals surface area contributed by atoms with Crippen LogP contribution in [-0.2, 0) is 16.1 Å². The number of hydrogen-bond donors (Lipinski definition) is 1. The summed E-state index contributed by atoms with van der Waals surface area (Å²) < 4.78 is 5.38. The van der Waals surface area contributed by atoms with Gasteiger partial charge in [0.05, 0.1) is 19.3 Å². The average molecular weight is 353 g/mol. The lowest BCUT2D eigenvalue weighted by Crippen LogP contribution is -2.37. The SMILES string of the molecule is O=C1CC(Nc2ccnc(N3CCOCC3)n2)CN1Cc1ccccc1. The molecule has 0 aliphatic carbocycles. The molecule has 0 radical (unpaired) electrons. The van der Waals surface area contributed by atoms with E-state index in [0.717, 1.165) is 24.5 Å². The van der Waals surface area contributed by atoms with Crippen LogP contribution < -0.4 is 10.2 Å². The minimum absolute atomic E-state index is 0.0682. The molecular formula is C19H23N5O2. The summed E-state index contributed by atoms with van der Waals surface area (Å²) >= 11 is 0. The summed E-state index contributed by atoms with van der Waals surface area (Å²) in [5.41, 5.74) is 1.15. The van der Waals surface area contributed by atoms with Crippen LogP contribution in [0, 0.1) is 0 Å². The van der Waals surface area contributed by atoms with Crippen LogP contribution in [0.3, 0.4) is 0 Å². The van der Waals surface area contributed by atoms with E-state index in [1.165, 1.54) is 0 Å². The Bertz CT molecular complexity index is 749. The fourth-order valence-electron chi connectivity index (χ4n) is 3.38. The highest BCUT2D eigenvalue weighted by atomic mass is 16.5. The largest absolute Gasteiger partial charge is 0.378 e. The van der Waals surface area contributed by atoms with Gasteiger partial charge in [0, 0.05) is 38.8 Å². The number of carbonyl (C=O) groups excluding carboxylic acids is 1. The molecule has 1 atom stereocenters. The lowest BCUT2D eigenvalue weighted by molar-refractivity contribution is -0.128. The molecule has 7 nitrogen and oxygen atoms in total. The molecule has 2 aliphatic rings. The minimum atomic E-state index is 0.0682. The summed E-state index contributed by atoms with van der Waals surface area (Å²) in [4.78, 5) is 25.3. The van der Waals surface area contributed by atoms with Gasteiger partial charge in [0.25, 0.3) is 0 Å². The maximum absolute atomic E-state index is 12.3. The van der Waals surface area contributed by atoms with Crippen LogP contribution in [-0.4, -0.2) is 59.7 Å². The molecule has 2 saturated heterocycles. The molecule has 3 heterocycles. The van der Waals surface area contributed by atoms with Crippen molar-refractivity contribution in [1.82, 2.24) is 14.9 Å². The number of rotatable bonds is 5. The molecule has 0 spiro atoms. The zero-order chi connectivity index (χ0) is 17.8. The third-order valence-corrected chi connectivity index (χ3v) is 4.72. The molecule has 136 valence electrons. The molecule has 1 amide bonds. The Labute approximate surface area is 153 Å². The Morgan fingerprint density at radius 3 is 2.77 bits per heavy atom. The zero-order valence-electron chi connectivity index (χ0n) is 14.7. The fourth-order valence-corrected chi connectivity index (χ4v) is 3.38. The van der Waals surface area contributed by atoms with Crippen LogP contribution in [0.15, 0.2) is 42.6 Å². The molecule has 2 aliphatic heterocycles. The van der Waals surface area contributed by atoms with Gasteiger partial charge in [0.1, 0.15) is 5.82 Å². The monoisotopic (exact) mass is 353 g/mol. The number of nitrogens with one attached hydrogen (secondary N) is 1. The molecule has 0 saturated carbocycles. The third-order valence-electron chi connectivity index (χ3n) is 4.72. The fraction of sp³-hybridized carbons (Fsp3) is 0.421. The van der Waals surface area contributed by atoms with Crippen molar-refractivity contribution < 1.29 is 9.53 Å². The first kappa shape index (κ1) is 16.8. The standard InChI is InChI=1S/C19H23N5O2/c25-18-12-16(14-24(18)13-15-4-2-1-3-5-15)21-17-6-7-20-19(22-17)23-8-10-26-11-9-23/h1-7,16H,8-14H2,(H,20,21,22). The highest BCUT2D eigenvalue weighted by Crippen LogP contribution is 2.19. The van der Waals surface area contributed by atoms with Gasteiger partial charge in [-0.25, -0.2) is 4.98 Å². The lowest BCUT2D eigenvalue weighted by Gasteiger charge is -2.27. The van der Waals surface area contributed by atoms with Gasteiger partial charge in [0.2, 0.25) is 11.9 Å². The van der Waals surface area contributed by atoms with E-state index in [1.807, 2.05) is 41.3 Å². The second-order valence-corrected chi connectivity index (χ2v) is 6.65. The first-order valence-electron chi connectivity index (χ1n) is 9.02. The first-order valence-corrected chi connectivity index (χ1v) is 9.02. The van der Waals surface area contributed by atoms with E-state index in [9.17, 15) is 4.79 Å². The van der Waals surface area contributed by atoms with Gasteiger partial charge in [-0.05, 0) is 11.6 Å². The van der Waals surface area contributed by atoms with Crippen molar-refractivity contribution in [3.63, 3.8) is 0 Å². The topological polar surface area (TPSA) is 70.6 Å². The highest BCUT2D eigenvalue weighted by Gasteiger charge is 2.29. The van der Waals surface area contributed by atoms with Gasteiger partial charge in [-0.2, -0.15) is 4.98 Å². The normalized spacial score (nSPS) is 20.5. The number of hydrogen-bond acceptors (Lipinski definition) is 6. The van der Waals surface area contributed by atoms with Crippen LogP contribution in [0.25, 0.3) is 0 Å². The Morgan fingerprint density at radius 2 is 1.96 bits per heavy atom. The maximum Gasteiger partial charge on any atom is 0.227 e. The van der Waals surface area contributed by atoms with Crippen molar-refractivity contribution in [2.45, 2.75) is 19.0 Å². The number of anilines is 2. The number of likely N-dealkylation sites (tertiary alicyclic amines) is 1. The van der Waals surface area contributed by atoms with E-state index in [4.69, 9.17) is 4.74 Å². The summed E-state index contributed by atoms with van der Waals surface area (Å²) in [6.07, 6.45) is 2.25. The smallest absolute Gasteiger partial charge is 0.227 e. The van der Waals surface area contributed by atoms with Gasteiger partial charge < -0.3 is 19.9 Å². The molecule has 0 bridgehead atoms. The molecule has 7 heteroatoms. The van der Waals surface area contributed by atoms with Crippen LogP contribution in [0.4, 0.5) is 11.8 Å². The van der Waals surface area contributed by atoms with Gasteiger partial charge in [0.15, 0.2) is 0 Å². The van der Waals surface area contributed by atoms with Crippen LogP contribution >= 0.6 is 0 Å². The predicted octanol–water partition coefficient (Wildman–Crippen LogP) is 1.53. The minimum Gasteiger partial charge on any atom is -0.378 e.